The van der Waals surface area contributed by atoms with Gasteiger partial charge < -0.3 is 45.1 Å². The molecule has 7 N–H and O–H groups in total. The van der Waals surface area contributed by atoms with Crippen LogP contribution in [0.3, 0.4) is 0 Å². The molecule has 3 aromatic rings. The lowest BCUT2D eigenvalue weighted by Gasteiger charge is -2.37. The Morgan fingerprint density at radius 3 is 2.43 bits per heavy atom. The largest absolute Gasteiger partial charge is 0.432 e. The first kappa shape index (κ1) is 35.3. The van der Waals surface area contributed by atoms with Gasteiger partial charge in [0.25, 0.3) is 5.91 Å². The number of anilines is 1. The number of nitrogens with one attached hydrogen (secondary N) is 1. The first-order valence-electron chi connectivity index (χ1n) is 16.1. The molecule has 2 aliphatic rings. The summed E-state index contributed by atoms with van der Waals surface area (Å²) in [6, 6.07) is 16.9. The predicted octanol–water partition coefficient (Wildman–Crippen LogP) is 1.13. The molecular weight excluding hydrogens is 624 g/mol. The van der Waals surface area contributed by atoms with Gasteiger partial charge in [-0.25, -0.2) is 0 Å². The minimum absolute atomic E-state index is 0.0155. The average Bonchev–Trinajstić information content (AvgIpc) is 3.64. The van der Waals surface area contributed by atoms with E-state index in [2.05, 4.69) is 22.6 Å². The lowest BCUT2D eigenvalue weighted by atomic mass is 9.95. The number of carbonyl (C=O) groups is 1. The van der Waals surface area contributed by atoms with Gasteiger partial charge in [-0.2, -0.15) is 0 Å². The SMILES string of the molecule is C[C@H]1[C@H]([Si](C)(C)O)[C@@H](CCn2cc(C(CO)c3ccccc3)nn2)O[C@H]1CCc1cccc(NC(=O)[C@H]2O[C@@H](O)[C@H](O)[C@@H](O)[C@@H]2O)c1. The van der Waals surface area contributed by atoms with Gasteiger partial charge in [-0.3, -0.25) is 9.48 Å². The molecular formula is C33H46N4O9Si. The van der Waals surface area contributed by atoms with Gasteiger partial charge in [-0.05, 0) is 61.5 Å². The Labute approximate surface area is 274 Å². The Hall–Kier alpha value is -3.05. The number of hydrogen-bond donors (Lipinski definition) is 7. The molecule has 0 radical (unpaired) electrons. The average molecular weight is 671 g/mol. The zero-order chi connectivity index (χ0) is 33.9. The molecule has 14 heteroatoms. The van der Waals surface area contributed by atoms with Crippen LogP contribution in [0.15, 0.2) is 60.8 Å². The number of aliphatic hydroxyl groups excluding tert-OH is 5. The van der Waals surface area contributed by atoms with E-state index in [0.29, 0.717) is 37.2 Å². The van der Waals surface area contributed by atoms with Crippen molar-refractivity contribution in [3.63, 3.8) is 0 Å². The lowest BCUT2D eigenvalue weighted by molar-refractivity contribution is -0.274. The highest BCUT2D eigenvalue weighted by atomic mass is 28.4. The van der Waals surface area contributed by atoms with Crippen LogP contribution in [0.4, 0.5) is 5.69 Å². The Kier molecular flexibility index (Phi) is 11.3. The molecule has 13 nitrogen and oxygen atoms in total. The molecule has 256 valence electrons. The van der Waals surface area contributed by atoms with Crippen LogP contribution in [-0.4, -0.2) is 109 Å². The third-order valence-corrected chi connectivity index (χ3v) is 11.9. The lowest BCUT2D eigenvalue weighted by Crippen LogP contribution is -2.60. The maximum absolute atomic E-state index is 12.8. The monoisotopic (exact) mass is 670 g/mol. The number of benzene rings is 2. The van der Waals surface area contributed by atoms with E-state index in [1.165, 1.54) is 0 Å². The molecule has 5 rings (SSSR count). The van der Waals surface area contributed by atoms with Crippen LogP contribution in [0.2, 0.25) is 18.6 Å². The summed E-state index contributed by atoms with van der Waals surface area (Å²) in [4.78, 5) is 24.1. The van der Waals surface area contributed by atoms with Crippen LogP contribution in [0.25, 0.3) is 0 Å². The Balaban J connectivity index is 1.19. The van der Waals surface area contributed by atoms with Gasteiger partial charge >= 0.3 is 0 Å². The number of hydrogen-bond acceptors (Lipinski definition) is 11. The van der Waals surface area contributed by atoms with E-state index < -0.39 is 44.9 Å². The third kappa shape index (κ3) is 8.16. The van der Waals surface area contributed by atoms with Gasteiger partial charge in [-0.15, -0.1) is 5.10 Å². The van der Waals surface area contributed by atoms with Gasteiger partial charge in [0.15, 0.2) is 20.7 Å². The predicted molar refractivity (Wildman–Crippen MR) is 174 cm³/mol. The summed E-state index contributed by atoms with van der Waals surface area (Å²) in [6.07, 6.45) is -4.95. The normalized spacial score (nSPS) is 30.3. The van der Waals surface area contributed by atoms with Gasteiger partial charge in [0.05, 0.1) is 30.4 Å². The molecule has 1 aromatic heterocycles. The molecule has 1 unspecified atom stereocenters. The fraction of sp³-hybridized carbons (Fsp3) is 0.545. The van der Waals surface area contributed by atoms with E-state index >= 15 is 0 Å². The molecule has 1 amide bonds. The van der Waals surface area contributed by atoms with Gasteiger partial charge in [-0.1, -0.05) is 54.6 Å². The van der Waals surface area contributed by atoms with Crippen LogP contribution in [0.1, 0.15) is 42.5 Å². The van der Waals surface area contributed by atoms with Crippen molar-refractivity contribution in [1.29, 1.82) is 0 Å². The molecule has 3 heterocycles. The summed E-state index contributed by atoms with van der Waals surface area (Å²) in [5, 5.41) is 60.9. The quantitative estimate of drug-likeness (QED) is 0.136. The number of aryl methyl sites for hydroxylation is 2. The number of carbonyl (C=O) groups excluding carboxylic acids is 1. The smallest absolute Gasteiger partial charge is 0.256 e. The molecule has 0 saturated carbocycles. The maximum Gasteiger partial charge on any atom is 0.256 e. The maximum atomic E-state index is 12.8. The summed E-state index contributed by atoms with van der Waals surface area (Å²) in [5.74, 6) is -0.905. The van der Waals surface area contributed by atoms with Crippen LogP contribution in [0.5, 0.6) is 0 Å². The van der Waals surface area contributed by atoms with E-state index in [1.54, 1.807) is 22.9 Å². The standard InChI is InChI=1S/C33H46N4O9Si/c1-19-25(13-12-20-8-7-11-22(16-20)34-32(42)30-28(40)27(39)29(41)33(43)46-30)45-26(31(19)47(2,3)44)14-15-37-17-24(35-36-37)23(18-38)21-9-5-4-6-10-21/h4-11,16-17,19,23,25-31,33,38-41,43-44H,12-15,18H2,1-3H3,(H,34,42)/t19-,23?,25+,26-,27+,28+,29-,30+,31+,33-/m1/s1. The highest BCUT2D eigenvalue weighted by Gasteiger charge is 2.49. The number of nitrogens with zero attached hydrogens (tertiary/aromatic N) is 3. The second kappa shape index (κ2) is 15.0. The first-order chi connectivity index (χ1) is 22.4. The molecule has 10 atom stereocenters. The molecule has 0 spiro atoms. The van der Waals surface area contributed by atoms with E-state index in [1.807, 2.05) is 55.7 Å². The Morgan fingerprint density at radius 2 is 1.72 bits per heavy atom. The van der Waals surface area contributed by atoms with Crippen molar-refractivity contribution < 1.29 is 44.6 Å². The van der Waals surface area contributed by atoms with Gasteiger partial charge in [0.2, 0.25) is 0 Å². The van der Waals surface area contributed by atoms with Crippen molar-refractivity contribution >= 4 is 19.9 Å². The zero-order valence-electron chi connectivity index (χ0n) is 26.8. The zero-order valence-corrected chi connectivity index (χ0v) is 27.8. The number of rotatable bonds is 12. The number of ether oxygens (including phenoxy) is 2. The number of amides is 1. The number of aromatic nitrogens is 3. The second-order valence-corrected chi connectivity index (χ2v) is 17.2. The summed E-state index contributed by atoms with van der Waals surface area (Å²) in [6.45, 7) is 6.51. The van der Waals surface area contributed by atoms with Crippen LogP contribution in [0, 0.1) is 5.92 Å². The van der Waals surface area contributed by atoms with Crippen molar-refractivity contribution in [2.45, 2.75) is 100 Å². The topological polar surface area (TPSA) is 200 Å². The van der Waals surface area contributed by atoms with E-state index in [9.17, 15) is 35.1 Å². The third-order valence-electron chi connectivity index (χ3n) is 9.42. The highest BCUT2D eigenvalue weighted by Crippen LogP contribution is 2.45. The minimum Gasteiger partial charge on any atom is -0.432 e. The van der Waals surface area contributed by atoms with Crippen molar-refractivity contribution in [3.05, 3.63) is 77.6 Å². The van der Waals surface area contributed by atoms with Crippen molar-refractivity contribution in [2.75, 3.05) is 11.9 Å². The molecule has 2 aliphatic heterocycles. The molecule has 2 saturated heterocycles. The van der Waals surface area contributed by atoms with Gasteiger partial charge in [0.1, 0.15) is 18.3 Å². The number of aliphatic hydroxyl groups is 5. The molecule has 47 heavy (non-hydrogen) atoms. The Morgan fingerprint density at radius 1 is 0.979 bits per heavy atom. The summed E-state index contributed by atoms with van der Waals surface area (Å²) in [7, 11) is -2.60. The first-order valence-corrected chi connectivity index (χ1v) is 19.1. The second-order valence-electron chi connectivity index (χ2n) is 13.2. The summed E-state index contributed by atoms with van der Waals surface area (Å²) in [5.41, 5.74) is 3.06. The van der Waals surface area contributed by atoms with Crippen molar-refractivity contribution in [1.82, 2.24) is 15.0 Å². The van der Waals surface area contributed by atoms with E-state index in [4.69, 9.17) is 9.47 Å². The minimum atomic E-state index is -2.60. The van der Waals surface area contributed by atoms with Crippen LogP contribution in [-0.2, 0) is 27.2 Å². The van der Waals surface area contributed by atoms with E-state index in [0.717, 1.165) is 11.1 Å². The van der Waals surface area contributed by atoms with E-state index in [-0.39, 0.29) is 36.2 Å². The van der Waals surface area contributed by atoms with Crippen LogP contribution < -0.4 is 5.32 Å². The highest BCUT2D eigenvalue weighted by molar-refractivity contribution is 6.71. The molecule has 2 aromatic carbocycles. The molecule has 0 bridgehead atoms. The Bertz CT molecular complexity index is 1470. The summed E-state index contributed by atoms with van der Waals surface area (Å²) < 4.78 is 13.4. The van der Waals surface area contributed by atoms with Crippen LogP contribution >= 0.6 is 0 Å². The fourth-order valence-corrected chi connectivity index (χ4v) is 9.64. The molecule has 0 aliphatic carbocycles. The summed E-state index contributed by atoms with van der Waals surface area (Å²) >= 11 is 0. The fourth-order valence-electron chi connectivity index (χ4n) is 6.98. The van der Waals surface area contributed by atoms with Crippen molar-refractivity contribution in [2.24, 2.45) is 5.92 Å². The van der Waals surface area contributed by atoms with Crippen molar-refractivity contribution in [3.8, 4) is 0 Å². The van der Waals surface area contributed by atoms with Gasteiger partial charge in [0, 0.05) is 24.0 Å². The molecule has 2 fully saturated rings.